The molecule has 5 heteroatoms. The molecule has 104 valence electrons. The lowest BCUT2D eigenvalue weighted by Crippen LogP contribution is -2.05. The van der Waals surface area contributed by atoms with Gasteiger partial charge >= 0.3 is 0 Å². The molecule has 0 aliphatic rings. The molecule has 0 unspecified atom stereocenters. The van der Waals surface area contributed by atoms with E-state index >= 15 is 0 Å². The number of nitrogens with zero attached hydrogens (tertiary/aromatic N) is 3. The highest BCUT2D eigenvalue weighted by Gasteiger charge is 2.19. The maximum atomic E-state index is 9.27. The van der Waals surface area contributed by atoms with E-state index in [-0.39, 0.29) is 0 Å². The molecule has 2 heterocycles. The molecular formula is C15H16ClN3O. The Morgan fingerprint density at radius 1 is 1.40 bits per heavy atom. The molecule has 0 N–H and O–H groups in total. The lowest BCUT2D eigenvalue weighted by atomic mass is 10.2. The Balaban J connectivity index is 2.51. The molecule has 20 heavy (non-hydrogen) atoms. The predicted octanol–water partition coefficient (Wildman–Crippen LogP) is 3.42. The molecular weight excluding hydrogens is 274 g/mol. The van der Waals surface area contributed by atoms with Gasteiger partial charge in [0.15, 0.2) is 0 Å². The van der Waals surface area contributed by atoms with Gasteiger partial charge in [0.25, 0.3) is 0 Å². The molecule has 2 rings (SSSR count). The lowest BCUT2D eigenvalue weighted by Gasteiger charge is -2.11. The Morgan fingerprint density at radius 2 is 2.10 bits per heavy atom. The Kier molecular flexibility index (Phi) is 4.78. The average molecular weight is 290 g/mol. The average Bonchev–Trinajstić information content (AvgIpc) is 2.71. The summed E-state index contributed by atoms with van der Waals surface area (Å²) < 4.78 is 7.17. The largest absolute Gasteiger partial charge is 0.385 e. The summed E-state index contributed by atoms with van der Waals surface area (Å²) in [6.07, 6.45) is 4.31. The van der Waals surface area contributed by atoms with Crippen LogP contribution in [0.2, 0.25) is 5.02 Å². The van der Waals surface area contributed by atoms with Crippen molar-refractivity contribution in [2.75, 3.05) is 13.7 Å². The highest BCUT2D eigenvalue weighted by molar-refractivity contribution is 6.34. The summed E-state index contributed by atoms with van der Waals surface area (Å²) in [4.78, 5) is 4.02. The van der Waals surface area contributed by atoms with E-state index in [0.717, 1.165) is 29.9 Å². The summed E-state index contributed by atoms with van der Waals surface area (Å²) in [6.45, 7) is 3.35. The number of methoxy groups -OCH3 is 1. The molecule has 4 nitrogen and oxygen atoms in total. The Hall–Kier alpha value is -1.83. The van der Waals surface area contributed by atoms with Gasteiger partial charge in [0.2, 0.25) is 0 Å². The summed E-state index contributed by atoms with van der Waals surface area (Å²) in [5, 5.41) is 9.78. The van der Waals surface area contributed by atoms with Gasteiger partial charge < -0.3 is 9.30 Å². The van der Waals surface area contributed by atoms with Crippen molar-refractivity contribution in [1.82, 2.24) is 9.55 Å². The minimum absolute atomic E-state index is 0.508. The summed E-state index contributed by atoms with van der Waals surface area (Å²) >= 11 is 6.39. The minimum Gasteiger partial charge on any atom is -0.385 e. The second-order valence-electron chi connectivity index (χ2n) is 4.47. The molecule has 0 aromatic carbocycles. The van der Waals surface area contributed by atoms with Gasteiger partial charge in [-0.1, -0.05) is 11.6 Å². The maximum Gasteiger partial charge on any atom is 0.103 e. The Bertz CT molecular complexity index is 629. The van der Waals surface area contributed by atoms with Crippen molar-refractivity contribution in [2.24, 2.45) is 0 Å². The minimum atomic E-state index is 0.508. The number of hydrogen-bond acceptors (Lipinski definition) is 3. The van der Waals surface area contributed by atoms with E-state index in [9.17, 15) is 5.26 Å². The highest BCUT2D eigenvalue weighted by atomic mass is 35.5. The number of pyridine rings is 1. The molecule has 0 saturated heterocycles. The van der Waals surface area contributed by atoms with Crippen molar-refractivity contribution >= 4 is 11.6 Å². The first-order valence-corrected chi connectivity index (χ1v) is 6.76. The summed E-state index contributed by atoms with van der Waals surface area (Å²) in [7, 11) is 1.68. The second kappa shape index (κ2) is 6.56. The number of aromatic nitrogens is 2. The van der Waals surface area contributed by atoms with Crippen LogP contribution in [-0.2, 0) is 11.3 Å². The fourth-order valence-electron chi connectivity index (χ4n) is 2.27. The first kappa shape index (κ1) is 14.6. The molecule has 0 atom stereocenters. The van der Waals surface area contributed by atoms with Crippen molar-refractivity contribution in [3.63, 3.8) is 0 Å². The van der Waals surface area contributed by atoms with Crippen LogP contribution in [0.4, 0.5) is 0 Å². The fraction of sp³-hybridized carbons (Fsp3) is 0.333. The monoisotopic (exact) mass is 289 g/mol. The van der Waals surface area contributed by atoms with Gasteiger partial charge in [-0.3, -0.25) is 4.98 Å². The molecule has 2 aromatic heterocycles. The van der Waals surface area contributed by atoms with Crippen molar-refractivity contribution in [3.8, 4) is 17.3 Å². The molecule has 0 bridgehead atoms. The van der Waals surface area contributed by atoms with Crippen LogP contribution in [0.25, 0.3) is 11.3 Å². The van der Waals surface area contributed by atoms with E-state index in [1.54, 1.807) is 19.5 Å². The van der Waals surface area contributed by atoms with Crippen LogP contribution < -0.4 is 0 Å². The third-order valence-electron chi connectivity index (χ3n) is 3.26. The van der Waals surface area contributed by atoms with Crippen LogP contribution in [0.15, 0.2) is 24.5 Å². The van der Waals surface area contributed by atoms with Gasteiger partial charge in [0, 0.05) is 43.9 Å². The standard InChI is InChI=1S/C15H16ClN3O/c1-11-13(10-17)14(16)15(12-4-6-18-7-5-12)19(11)8-3-9-20-2/h4-7H,3,8-9H2,1-2H3. The summed E-state index contributed by atoms with van der Waals surface area (Å²) in [5.41, 5.74) is 3.27. The predicted molar refractivity (Wildman–Crippen MR) is 78.6 cm³/mol. The zero-order valence-corrected chi connectivity index (χ0v) is 12.3. The van der Waals surface area contributed by atoms with E-state index in [1.165, 1.54) is 0 Å². The Labute approximate surface area is 123 Å². The second-order valence-corrected chi connectivity index (χ2v) is 4.85. The number of nitriles is 1. The third-order valence-corrected chi connectivity index (χ3v) is 3.63. The van der Waals surface area contributed by atoms with E-state index in [0.29, 0.717) is 17.2 Å². The number of halogens is 1. The molecule has 0 aliphatic carbocycles. The van der Waals surface area contributed by atoms with Crippen molar-refractivity contribution in [2.45, 2.75) is 19.9 Å². The molecule has 0 fully saturated rings. The van der Waals surface area contributed by atoms with E-state index in [4.69, 9.17) is 16.3 Å². The zero-order valence-electron chi connectivity index (χ0n) is 11.6. The van der Waals surface area contributed by atoms with E-state index in [1.807, 2.05) is 19.1 Å². The van der Waals surface area contributed by atoms with Crippen molar-refractivity contribution < 1.29 is 4.74 Å². The van der Waals surface area contributed by atoms with Crippen LogP contribution in [0, 0.1) is 18.3 Å². The quantitative estimate of drug-likeness (QED) is 0.793. The maximum absolute atomic E-state index is 9.27. The van der Waals surface area contributed by atoms with Gasteiger partial charge in [-0.25, -0.2) is 0 Å². The number of ether oxygens (including phenoxy) is 1. The van der Waals surface area contributed by atoms with Gasteiger partial charge in [-0.15, -0.1) is 0 Å². The molecule has 2 aromatic rings. The van der Waals surface area contributed by atoms with Crippen LogP contribution in [0.5, 0.6) is 0 Å². The number of rotatable bonds is 5. The molecule has 0 amide bonds. The molecule has 0 spiro atoms. The van der Waals surface area contributed by atoms with Gasteiger partial charge in [-0.2, -0.15) is 5.26 Å². The number of hydrogen-bond donors (Lipinski definition) is 0. The van der Waals surface area contributed by atoms with Crippen LogP contribution in [0.1, 0.15) is 17.7 Å². The highest BCUT2D eigenvalue weighted by Crippen LogP contribution is 2.35. The molecule has 0 radical (unpaired) electrons. The zero-order chi connectivity index (χ0) is 14.5. The molecule has 0 aliphatic heterocycles. The first-order chi connectivity index (χ1) is 9.70. The van der Waals surface area contributed by atoms with Gasteiger partial charge in [0.1, 0.15) is 6.07 Å². The SMILES string of the molecule is COCCCn1c(C)c(C#N)c(Cl)c1-c1ccncc1. The van der Waals surface area contributed by atoms with E-state index in [2.05, 4.69) is 15.6 Å². The third kappa shape index (κ3) is 2.69. The normalized spacial score (nSPS) is 10.5. The van der Waals surface area contributed by atoms with Crippen molar-refractivity contribution in [1.29, 1.82) is 5.26 Å². The van der Waals surface area contributed by atoms with Gasteiger partial charge in [-0.05, 0) is 25.5 Å². The topological polar surface area (TPSA) is 50.8 Å². The smallest absolute Gasteiger partial charge is 0.103 e. The van der Waals surface area contributed by atoms with Gasteiger partial charge in [0.05, 0.1) is 16.3 Å². The van der Waals surface area contributed by atoms with Crippen LogP contribution in [0.3, 0.4) is 0 Å². The summed E-state index contributed by atoms with van der Waals surface area (Å²) in [6, 6.07) is 5.98. The fourth-order valence-corrected chi connectivity index (χ4v) is 2.66. The van der Waals surface area contributed by atoms with Crippen molar-refractivity contribution in [3.05, 3.63) is 40.8 Å². The van der Waals surface area contributed by atoms with Crippen LogP contribution in [-0.4, -0.2) is 23.3 Å². The molecule has 0 saturated carbocycles. The van der Waals surface area contributed by atoms with Crippen LogP contribution >= 0.6 is 11.6 Å². The lowest BCUT2D eigenvalue weighted by molar-refractivity contribution is 0.190. The first-order valence-electron chi connectivity index (χ1n) is 6.38. The Morgan fingerprint density at radius 3 is 2.70 bits per heavy atom. The summed E-state index contributed by atoms with van der Waals surface area (Å²) in [5.74, 6) is 0. The van der Waals surface area contributed by atoms with E-state index < -0.39 is 0 Å².